The summed E-state index contributed by atoms with van der Waals surface area (Å²) in [5, 5.41) is 32.6. The second kappa shape index (κ2) is 7.51. The van der Waals surface area contributed by atoms with E-state index in [-0.39, 0.29) is 31.5 Å². The highest BCUT2D eigenvalue weighted by molar-refractivity contribution is 6.18. The molecule has 4 atom stereocenters. The summed E-state index contributed by atoms with van der Waals surface area (Å²) < 4.78 is 5.30. The van der Waals surface area contributed by atoms with Gasteiger partial charge in [0.25, 0.3) is 0 Å². The van der Waals surface area contributed by atoms with Crippen molar-refractivity contribution in [2.45, 2.75) is 37.4 Å². The third-order valence-corrected chi connectivity index (χ3v) is 3.96. The molecule has 0 bridgehead atoms. The van der Waals surface area contributed by atoms with E-state index in [0.29, 0.717) is 5.01 Å². The second-order valence-corrected chi connectivity index (χ2v) is 5.92. The van der Waals surface area contributed by atoms with Crippen molar-refractivity contribution in [2.75, 3.05) is 25.6 Å². The number of urea groups is 1. The fourth-order valence-corrected chi connectivity index (χ4v) is 2.49. The van der Waals surface area contributed by atoms with Gasteiger partial charge >= 0.3 is 6.03 Å². The lowest BCUT2D eigenvalue weighted by Crippen LogP contribution is -2.62. The number of aliphatic hydroxyl groups excluding tert-OH is 3. The Balaban J connectivity index is 2.14. The van der Waals surface area contributed by atoms with Crippen LogP contribution in [0, 0.1) is 10.8 Å². The summed E-state index contributed by atoms with van der Waals surface area (Å²) in [4.78, 5) is 24.4. The quantitative estimate of drug-likeness (QED) is 0.340. The highest BCUT2D eigenvalue weighted by Crippen LogP contribution is 2.32. The Morgan fingerprint density at radius 2 is 1.95 bits per heavy atom. The maximum atomic E-state index is 12.4. The zero-order valence-corrected chi connectivity index (χ0v) is 12.7. The van der Waals surface area contributed by atoms with E-state index in [2.05, 4.69) is 5.29 Å². The van der Waals surface area contributed by atoms with Crippen LogP contribution in [0.3, 0.4) is 0 Å². The summed E-state index contributed by atoms with van der Waals surface area (Å²) in [6.07, 6.45) is -3.42. The Bertz CT molecular complexity index is 410. The van der Waals surface area contributed by atoms with Gasteiger partial charge in [-0.2, -0.15) is 5.01 Å². The Labute approximate surface area is 132 Å². The average molecular weight is 338 g/mol. The third-order valence-electron chi connectivity index (χ3n) is 3.79. The largest absolute Gasteiger partial charge is 0.388 e. The Hall–Kier alpha value is -1.00. The molecule has 0 spiro atoms. The molecule has 9 nitrogen and oxygen atoms in total. The predicted octanol–water partition coefficient (Wildman–Crippen LogP) is -0.520. The van der Waals surface area contributed by atoms with Crippen LogP contribution in [0.2, 0.25) is 0 Å². The van der Waals surface area contributed by atoms with Gasteiger partial charge in [-0.1, -0.05) is 0 Å². The number of nitrogens with zero attached hydrogens (tertiary/aromatic N) is 3. The first-order valence-corrected chi connectivity index (χ1v) is 7.66. The first kappa shape index (κ1) is 17.4. The fourth-order valence-electron chi connectivity index (χ4n) is 2.33. The Morgan fingerprint density at radius 1 is 1.27 bits per heavy atom. The lowest BCUT2D eigenvalue weighted by atomic mass is 10.0. The summed E-state index contributed by atoms with van der Waals surface area (Å²) in [6.45, 7) is -0.0158. The first-order chi connectivity index (χ1) is 10.5. The van der Waals surface area contributed by atoms with Crippen LogP contribution in [0.1, 0.15) is 12.8 Å². The molecule has 1 aliphatic carbocycles. The molecule has 10 heteroatoms. The molecule has 0 radical (unpaired) electrons. The number of nitroso groups, excluding NO2 is 1. The van der Waals surface area contributed by atoms with Gasteiger partial charge in [0, 0.05) is 12.4 Å². The van der Waals surface area contributed by atoms with Gasteiger partial charge in [0.05, 0.1) is 18.4 Å². The van der Waals surface area contributed by atoms with Gasteiger partial charge in [-0.25, -0.2) is 4.79 Å². The summed E-state index contributed by atoms with van der Waals surface area (Å²) in [5.74, 6) is 0.290. The minimum absolute atomic E-state index is 0.0319. The van der Waals surface area contributed by atoms with Crippen LogP contribution >= 0.6 is 11.6 Å². The topological polar surface area (TPSA) is 123 Å². The summed E-state index contributed by atoms with van der Waals surface area (Å²) >= 11 is 5.53. The van der Waals surface area contributed by atoms with Crippen LogP contribution in [-0.4, -0.2) is 81.4 Å². The molecule has 2 amide bonds. The molecule has 1 unspecified atom stereocenters. The summed E-state index contributed by atoms with van der Waals surface area (Å²) in [7, 11) is 0. The van der Waals surface area contributed by atoms with Gasteiger partial charge in [0.1, 0.15) is 18.3 Å². The van der Waals surface area contributed by atoms with E-state index in [1.807, 2.05) is 0 Å². The number of aliphatic hydroxyl groups is 3. The van der Waals surface area contributed by atoms with Gasteiger partial charge < -0.3 is 20.1 Å². The Morgan fingerprint density at radius 3 is 2.50 bits per heavy atom. The van der Waals surface area contributed by atoms with Crippen molar-refractivity contribution in [3.63, 3.8) is 0 Å². The molecule has 1 aliphatic heterocycles. The highest BCUT2D eigenvalue weighted by atomic mass is 35.5. The van der Waals surface area contributed by atoms with E-state index in [9.17, 15) is 25.0 Å². The van der Waals surface area contributed by atoms with E-state index in [0.717, 1.165) is 12.8 Å². The standard InChI is InChI=1S/C12H20ClN3O6/c13-3-4-16(14-21)12(20)15(5-7-1-2-7)11-10(19)9(18)8(17)6-22-11/h7-11,17-19H,1-6H2/t8-,9-,10+,11?/m0/s1. The van der Waals surface area contributed by atoms with Crippen LogP contribution in [0.4, 0.5) is 4.79 Å². The summed E-state index contributed by atoms with van der Waals surface area (Å²) in [5.41, 5.74) is 0. The number of amides is 2. The molecule has 0 aromatic rings. The third kappa shape index (κ3) is 3.85. The van der Waals surface area contributed by atoms with Gasteiger partial charge in [0.2, 0.25) is 0 Å². The van der Waals surface area contributed by atoms with Crippen molar-refractivity contribution >= 4 is 17.6 Å². The molecule has 2 rings (SSSR count). The molecule has 126 valence electrons. The highest BCUT2D eigenvalue weighted by Gasteiger charge is 2.44. The lowest BCUT2D eigenvalue weighted by molar-refractivity contribution is -0.220. The van der Waals surface area contributed by atoms with E-state index in [1.54, 1.807) is 0 Å². The van der Waals surface area contributed by atoms with E-state index in [4.69, 9.17) is 16.3 Å². The number of hydrogen-bond acceptors (Lipinski definition) is 7. The van der Waals surface area contributed by atoms with Gasteiger partial charge in [0.15, 0.2) is 6.23 Å². The van der Waals surface area contributed by atoms with Crippen LogP contribution in [0.5, 0.6) is 0 Å². The van der Waals surface area contributed by atoms with Gasteiger partial charge in [-0.15, -0.1) is 16.5 Å². The number of carbonyl (C=O) groups is 1. The zero-order chi connectivity index (χ0) is 16.3. The molecule has 3 N–H and O–H groups in total. The van der Waals surface area contributed by atoms with E-state index < -0.39 is 30.6 Å². The van der Waals surface area contributed by atoms with Crippen LogP contribution in [0.25, 0.3) is 0 Å². The monoisotopic (exact) mass is 337 g/mol. The smallest absolute Gasteiger partial charge is 0.345 e. The van der Waals surface area contributed by atoms with Crippen LogP contribution < -0.4 is 0 Å². The molecule has 2 aliphatic rings. The maximum absolute atomic E-state index is 12.4. The number of halogens is 1. The molecular formula is C12H20ClN3O6. The van der Waals surface area contributed by atoms with E-state index in [1.165, 1.54) is 4.90 Å². The minimum Gasteiger partial charge on any atom is -0.388 e. The number of rotatable bonds is 6. The molecule has 2 fully saturated rings. The first-order valence-electron chi connectivity index (χ1n) is 7.12. The molecule has 0 aromatic heterocycles. The zero-order valence-electron chi connectivity index (χ0n) is 11.9. The van der Waals surface area contributed by atoms with E-state index >= 15 is 0 Å². The molecule has 22 heavy (non-hydrogen) atoms. The van der Waals surface area contributed by atoms with Crippen molar-refractivity contribution in [2.24, 2.45) is 11.2 Å². The van der Waals surface area contributed by atoms with Crippen molar-refractivity contribution in [3.05, 3.63) is 4.91 Å². The molecule has 1 saturated heterocycles. The lowest BCUT2D eigenvalue weighted by Gasteiger charge is -2.41. The average Bonchev–Trinajstić information content (AvgIpc) is 3.32. The van der Waals surface area contributed by atoms with Gasteiger partial charge in [-0.3, -0.25) is 4.90 Å². The predicted molar refractivity (Wildman–Crippen MR) is 75.8 cm³/mol. The fraction of sp³-hybridized carbons (Fsp3) is 0.917. The number of alkyl halides is 1. The van der Waals surface area contributed by atoms with Crippen molar-refractivity contribution in [1.82, 2.24) is 9.91 Å². The molecule has 0 aromatic carbocycles. The summed E-state index contributed by atoms with van der Waals surface area (Å²) in [6, 6.07) is -0.741. The van der Waals surface area contributed by atoms with Crippen molar-refractivity contribution in [3.8, 4) is 0 Å². The SMILES string of the molecule is O=NN(CCCl)C(=O)N(CC1CC1)C1OC[C@H](O)[C@H](O)[C@H]1O. The van der Waals surface area contributed by atoms with Crippen LogP contribution in [-0.2, 0) is 4.74 Å². The molecule has 1 saturated carbocycles. The van der Waals surface area contributed by atoms with Crippen LogP contribution in [0.15, 0.2) is 5.29 Å². The molecule has 1 heterocycles. The molecular weight excluding hydrogens is 318 g/mol. The number of hydrogen-bond donors (Lipinski definition) is 3. The van der Waals surface area contributed by atoms with Crippen molar-refractivity contribution in [1.29, 1.82) is 0 Å². The maximum Gasteiger partial charge on any atom is 0.345 e. The number of ether oxygens (including phenoxy) is 1. The second-order valence-electron chi connectivity index (χ2n) is 5.54. The van der Waals surface area contributed by atoms with Gasteiger partial charge in [-0.05, 0) is 18.8 Å². The van der Waals surface area contributed by atoms with Crippen molar-refractivity contribution < 1.29 is 24.9 Å². The minimum atomic E-state index is -1.48. The Kier molecular flexibility index (Phi) is 5.93. The normalized spacial score (nSPS) is 31.6. The number of carbonyl (C=O) groups excluding carboxylic acids is 1.